The molecule has 0 fully saturated rings. The van der Waals surface area contributed by atoms with E-state index in [1.807, 2.05) is 11.3 Å². The second-order valence-electron chi connectivity index (χ2n) is 5.65. The Hall–Kier alpha value is -1.32. The van der Waals surface area contributed by atoms with Crippen LogP contribution in [0.15, 0.2) is 41.8 Å². The van der Waals surface area contributed by atoms with Crippen molar-refractivity contribution in [3.63, 3.8) is 0 Å². The van der Waals surface area contributed by atoms with Gasteiger partial charge in [-0.15, -0.1) is 11.3 Å². The molecule has 0 aliphatic carbocycles. The molecule has 0 radical (unpaired) electrons. The summed E-state index contributed by atoms with van der Waals surface area (Å²) in [6.45, 7) is 4.46. The molecule has 0 saturated heterocycles. The third-order valence-electron chi connectivity index (χ3n) is 4.14. The Morgan fingerprint density at radius 2 is 2.00 bits per heavy atom. The van der Waals surface area contributed by atoms with E-state index < -0.39 is 0 Å². The lowest BCUT2D eigenvalue weighted by atomic mass is 10.1. The second kappa shape index (κ2) is 7.62. The molecule has 0 atom stereocenters. The van der Waals surface area contributed by atoms with Gasteiger partial charge in [-0.25, -0.2) is 0 Å². The lowest BCUT2D eigenvalue weighted by molar-refractivity contribution is 0.646. The number of benzene rings is 1. The average molecular weight is 300 g/mol. The number of para-hydroxylation sites is 1. The summed E-state index contributed by atoms with van der Waals surface area (Å²) in [4.78, 5) is 4.03. The second-order valence-corrected chi connectivity index (χ2v) is 6.68. The van der Waals surface area contributed by atoms with E-state index in [0.29, 0.717) is 0 Å². The van der Waals surface area contributed by atoms with Gasteiger partial charge in [-0.2, -0.15) is 0 Å². The monoisotopic (exact) mass is 300 g/mol. The standard InChI is InChI=1S/C18H24N2S/c1-2-9-18-16(6-1)7-3-4-13-20(18)14-12-19-11-10-17-8-5-15-21-17/h1-2,5-6,8-9,15,19H,3-4,7,10-14H2. The molecule has 2 heterocycles. The predicted molar refractivity (Wildman–Crippen MR) is 92.5 cm³/mol. The first-order valence-electron chi connectivity index (χ1n) is 7.99. The zero-order valence-corrected chi connectivity index (χ0v) is 13.4. The van der Waals surface area contributed by atoms with Crippen LogP contribution in [-0.4, -0.2) is 26.2 Å². The lowest BCUT2D eigenvalue weighted by Crippen LogP contribution is -2.33. The highest BCUT2D eigenvalue weighted by atomic mass is 32.1. The minimum atomic E-state index is 1.07. The van der Waals surface area contributed by atoms with Gasteiger partial charge in [0.2, 0.25) is 0 Å². The van der Waals surface area contributed by atoms with Gasteiger partial charge in [0, 0.05) is 36.7 Å². The fraction of sp³-hybridized carbons (Fsp3) is 0.444. The minimum absolute atomic E-state index is 1.07. The van der Waals surface area contributed by atoms with Gasteiger partial charge < -0.3 is 10.2 Å². The van der Waals surface area contributed by atoms with Gasteiger partial charge >= 0.3 is 0 Å². The van der Waals surface area contributed by atoms with Crippen molar-refractivity contribution in [1.82, 2.24) is 5.32 Å². The van der Waals surface area contributed by atoms with Crippen LogP contribution in [0.25, 0.3) is 0 Å². The number of thiophene rings is 1. The maximum Gasteiger partial charge on any atom is 0.0399 e. The molecule has 3 heteroatoms. The van der Waals surface area contributed by atoms with Gasteiger partial charge in [0.1, 0.15) is 0 Å². The maximum absolute atomic E-state index is 3.59. The minimum Gasteiger partial charge on any atom is -0.370 e. The van der Waals surface area contributed by atoms with E-state index in [-0.39, 0.29) is 0 Å². The summed E-state index contributed by atoms with van der Waals surface area (Å²) < 4.78 is 0. The fourth-order valence-corrected chi connectivity index (χ4v) is 3.72. The first-order valence-corrected chi connectivity index (χ1v) is 8.87. The van der Waals surface area contributed by atoms with E-state index in [4.69, 9.17) is 0 Å². The zero-order chi connectivity index (χ0) is 14.3. The van der Waals surface area contributed by atoms with Gasteiger partial charge in [-0.05, 0) is 48.8 Å². The summed E-state index contributed by atoms with van der Waals surface area (Å²) in [7, 11) is 0. The van der Waals surface area contributed by atoms with E-state index in [2.05, 4.69) is 52.0 Å². The molecule has 21 heavy (non-hydrogen) atoms. The van der Waals surface area contributed by atoms with E-state index in [1.165, 1.54) is 41.9 Å². The van der Waals surface area contributed by atoms with E-state index >= 15 is 0 Å². The molecule has 1 aromatic carbocycles. The van der Waals surface area contributed by atoms with Crippen molar-refractivity contribution in [1.29, 1.82) is 0 Å². The van der Waals surface area contributed by atoms with E-state index in [9.17, 15) is 0 Å². The van der Waals surface area contributed by atoms with Crippen molar-refractivity contribution < 1.29 is 0 Å². The Morgan fingerprint density at radius 1 is 1.05 bits per heavy atom. The molecular formula is C18H24N2S. The number of fused-ring (bicyclic) bond motifs is 1. The zero-order valence-electron chi connectivity index (χ0n) is 12.6. The molecule has 2 aromatic rings. The molecule has 0 saturated carbocycles. The Morgan fingerprint density at radius 3 is 2.90 bits per heavy atom. The third kappa shape index (κ3) is 4.08. The van der Waals surface area contributed by atoms with Crippen molar-refractivity contribution in [2.45, 2.75) is 25.7 Å². The number of hydrogen-bond acceptors (Lipinski definition) is 3. The average Bonchev–Trinajstić information content (AvgIpc) is 2.94. The van der Waals surface area contributed by atoms with Crippen molar-refractivity contribution in [2.75, 3.05) is 31.1 Å². The topological polar surface area (TPSA) is 15.3 Å². The lowest BCUT2D eigenvalue weighted by Gasteiger charge is -2.25. The largest absolute Gasteiger partial charge is 0.370 e. The Balaban J connectivity index is 1.46. The number of nitrogens with one attached hydrogen (secondary N) is 1. The normalized spacial score (nSPS) is 14.8. The number of nitrogens with zero attached hydrogens (tertiary/aromatic N) is 1. The highest BCUT2D eigenvalue weighted by Gasteiger charge is 2.13. The Bertz CT molecular complexity index is 536. The summed E-state index contributed by atoms with van der Waals surface area (Å²) >= 11 is 1.85. The highest BCUT2D eigenvalue weighted by Crippen LogP contribution is 2.25. The summed E-state index contributed by atoms with van der Waals surface area (Å²) in [5, 5.41) is 5.74. The number of aryl methyl sites for hydroxylation is 1. The van der Waals surface area contributed by atoms with Crippen LogP contribution in [0.4, 0.5) is 5.69 Å². The number of rotatable bonds is 6. The van der Waals surface area contributed by atoms with Crippen LogP contribution in [0, 0.1) is 0 Å². The predicted octanol–water partition coefficient (Wildman–Crippen LogP) is 3.72. The summed E-state index contributed by atoms with van der Waals surface area (Å²) in [5.41, 5.74) is 2.98. The molecule has 1 aromatic heterocycles. The molecule has 0 unspecified atom stereocenters. The summed E-state index contributed by atoms with van der Waals surface area (Å²) in [5.74, 6) is 0. The molecule has 112 valence electrons. The molecule has 1 aliphatic heterocycles. The van der Waals surface area contributed by atoms with Crippen LogP contribution in [-0.2, 0) is 12.8 Å². The molecule has 1 N–H and O–H groups in total. The molecular weight excluding hydrogens is 276 g/mol. The first kappa shape index (κ1) is 14.6. The molecule has 0 bridgehead atoms. The smallest absolute Gasteiger partial charge is 0.0399 e. The quantitative estimate of drug-likeness (QED) is 0.818. The van der Waals surface area contributed by atoms with Crippen LogP contribution in [0.3, 0.4) is 0 Å². The Labute approximate surface area is 131 Å². The third-order valence-corrected chi connectivity index (χ3v) is 5.08. The van der Waals surface area contributed by atoms with Gasteiger partial charge in [0.25, 0.3) is 0 Å². The number of anilines is 1. The SMILES string of the molecule is c1csc(CCNCCN2CCCCc3ccccc32)c1. The first-order chi connectivity index (χ1) is 10.4. The van der Waals surface area contributed by atoms with Gasteiger partial charge in [-0.3, -0.25) is 0 Å². The van der Waals surface area contributed by atoms with Gasteiger partial charge in [0.05, 0.1) is 0 Å². The molecule has 0 spiro atoms. The highest BCUT2D eigenvalue weighted by molar-refractivity contribution is 7.09. The van der Waals surface area contributed by atoms with Crippen LogP contribution in [0.1, 0.15) is 23.3 Å². The molecule has 0 amide bonds. The van der Waals surface area contributed by atoms with E-state index in [0.717, 1.165) is 26.1 Å². The van der Waals surface area contributed by atoms with Gasteiger partial charge in [-0.1, -0.05) is 24.3 Å². The molecule has 1 aliphatic rings. The summed E-state index contributed by atoms with van der Waals surface area (Å²) in [6.07, 6.45) is 5.01. The van der Waals surface area contributed by atoms with Crippen molar-refractivity contribution in [2.24, 2.45) is 0 Å². The van der Waals surface area contributed by atoms with Crippen LogP contribution >= 0.6 is 11.3 Å². The van der Waals surface area contributed by atoms with Crippen molar-refractivity contribution in [3.05, 3.63) is 52.2 Å². The molecule has 3 rings (SSSR count). The fourth-order valence-electron chi connectivity index (χ4n) is 3.01. The van der Waals surface area contributed by atoms with E-state index in [1.54, 1.807) is 0 Å². The van der Waals surface area contributed by atoms with Crippen LogP contribution in [0.2, 0.25) is 0 Å². The maximum atomic E-state index is 3.59. The Kier molecular flexibility index (Phi) is 5.30. The molecule has 2 nitrogen and oxygen atoms in total. The van der Waals surface area contributed by atoms with Gasteiger partial charge in [0.15, 0.2) is 0 Å². The van der Waals surface area contributed by atoms with Crippen LogP contribution < -0.4 is 10.2 Å². The van der Waals surface area contributed by atoms with Crippen molar-refractivity contribution >= 4 is 17.0 Å². The number of hydrogen-bond donors (Lipinski definition) is 1. The van der Waals surface area contributed by atoms with Crippen LogP contribution in [0.5, 0.6) is 0 Å². The summed E-state index contributed by atoms with van der Waals surface area (Å²) in [6, 6.07) is 13.3. The van der Waals surface area contributed by atoms with Crippen molar-refractivity contribution in [3.8, 4) is 0 Å².